The SMILES string of the molecule is CC(C)(C)NCc1snnc1C1CC1. The van der Waals surface area contributed by atoms with Crippen molar-refractivity contribution in [1.29, 1.82) is 0 Å². The lowest BCUT2D eigenvalue weighted by Gasteiger charge is -2.19. The summed E-state index contributed by atoms with van der Waals surface area (Å²) in [6, 6.07) is 0. The molecule has 0 bridgehead atoms. The standard InChI is InChI=1S/C10H17N3S/c1-10(2,3)11-6-8-9(7-4-5-7)12-13-14-8/h7,11H,4-6H2,1-3H3. The maximum Gasteiger partial charge on any atom is 0.0831 e. The van der Waals surface area contributed by atoms with Gasteiger partial charge in [-0.2, -0.15) is 0 Å². The summed E-state index contributed by atoms with van der Waals surface area (Å²) >= 11 is 1.53. The molecule has 1 fully saturated rings. The highest BCUT2D eigenvalue weighted by molar-refractivity contribution is 7.05. The molecule has 3 nitrogen and oxygen atoms in total. The highest BCUT2D eigenvalue weighted by Gasteiger charge is 2.29. The van der Waals surface area contributed by atoms with Gasteiger partial charge in [0.1, 0.15) is 0 Å². The molecule has 0 atom stereocenters. The second kappa shape index (κ2) is 3.59. The van der Waals surface area contributed by atoms with Crippen LogP contribution in [0, 0.1) is 0 Å². The quantitative estimate of drug-likeness (QED) is 0.833. The molecule has 2 rings (SSSR count). The van der Waals surface area contributed by atoms with Crippen LogP contribution in [-0.4, -0.2) is 15.1 Å². The third-order valence-electron chi connectivity index (χ3n) is 2.33. The fourth-order valence-corrected chi connectivity index (χ4v) is 2.02. The molecule has 0 unspecified atom stereocenters. The molecule has 0 aromatic carbocycles. The Bertz CT molecular complexity index is 309. The molecule has 1 aliphatic carbocycles. The van der Waals surface area contributed by atoms with E-state index < -0.39 is 0 Å². The van der Waals surface area contributed by atoms with Crippen molar-refractivity contribution >= 4 is 11.5 Å². The lowest BCUT2D eigenvalue weighted by Crippen LogP contribution is -2.35. The van der Waals surface area contributed by atoms with Crippen LogP contribution in [0.1, 0.15) is 50.1 Å². The van der Waals surface area contributed by atoms with Crippen molar-refractivity contribution in [2.45, 2.75) is 51.6 Å². The fraction of sp³-hybridized carbons (Fsp3) is 0.800. The van der Waals surface area contributed by atoms with Crippen molar-refractivity contribution in [3.63, 3.8) is 0 Å². The average molecular weight is 211 g/mol. The summed E-state index contributed by atoms with van der Waals surface area (Å²) < 4.78 is 4.04. The predicted molar refractivity (Wildman–Crippen MR) is 58.5 cm³/mol. The van der Waals surface area contributed by atoms with E-state index in [9.17, 15) is 0 Å². The molecule has 78 valence electrons. The second-order valence-corrected chi connectivity index (χ2v) is 5.80. The number of nitrogens with zero attached hydrogens (tertiary/aromatic N) is 2. The van der Waals surface area contributed by atoms with Crippen LogP contribution in [0.3, 0.4) is 0 Å². The summed E-state index contributed by atoms with van der Waals surface area (Å²) in [5.74, 6) is 0.713. The smallest absolute Gasteiger partial charge is 0.0831 e. The molecule has 1 saturated carbocycles. The van der Waals surface area contributed by atoms with E-state index in [0.29, 0.717) is 5.92 Å². The van der Waals surface area contributed by atoms with Gasteiger partial charge in [0, 0.05) is 18.0 Å². The van der Waals surface area contributed by atoms with Crippen LogP contribution in [0.5, 0.6) is 0 Å². The number of hydrogen-bond donors (Lipinski definition) is 1. The summed E-state index contributed by atoms with van der Waals surface area (Å²) in [6.45, 7) is 7.45. The van der Waals surface area contributed by atoms with Gasteiger partial charge >= 0.3 is 0 Å². The van der Waals surface area contributed by atoms with Gasteiger partial charge in [0.2, 0.25) is 0 Å². The van der Waals surface area contributed by atoms with E-state index in [1.165, 1.54) is 34.9 Å². The van der Waals surface area contributed by atoms with Crippen molar-refractivity contribution in [2.75, 3.05) is 0 Å². The monoisotopic (exact) mass is 211 g/mol. The molecule has 0 radical (unpaired) electrons. The molecule has 1 aromatic heterocycles. The summed E-state index contributed by atoms with van der Waals surface area (Å²) in [4.78, 5) is 1.32. The maximum absolute atomic E-state index is 4.21. The van der Waals surface area contributed by atoms with Gasteiger partial charge in [-0.1, -0.05) is 4.49 Å². The van der Waals surface area contributed by atoms with Gasteiger partial charge < -0.3 is 5.32 Å². The first-order valence-electron chi connectivity index (χ1n) is 5.12. The van der Waals surface area contributed by atoms with E-state index >= 15 is 0 Å². The van der Waals surface area contributed by atoms with Crippen LogP contribution in [0.25, 0.3) is 0 Å². The minimum atomic E-state index is 0.171. The van der Waals surface area contributed by atoms with Crippen LogP contribution in [0.2, 0.25) is 0 Å². The Hall–Kier alpha value is -0.480. The van der Waals surface area contributed by atoms with Crippen LogP contribution in [-0.2, 0) is 6.54 Å². The number of nitrogens with one attached hydrogen (secondary N) is 1. The Balaban J connectivity index is 1.98. The molecule has 0 amide bonds. The van der Waals surface area contributed by atoms with Crippen LogP contribution < -0.4 is 5.32 Å². The molecule has 4 heteroatoms. The third kappa shape index (κ3) is 2.51. The average Bonchev–Trinajstić information content (AvgIpc) is 2.81. The minimum absolute atomic E-state index is 0.171. The van der Waals surface area contributed by atoms with Crippen molar-refractivity contribution < 1.29 is 0 Å². The second-order valence-electron chi connectivity index (χ2n) is 4.96. The Morgan fingerprint density at radius 1 is 1.43 bits per heavy atom. The zero-order chi connectivity index (χ0) is 10.2. The molecular formula is C10H17N3S. The molecule has 1 N–H and O–H groups in total. The first kappa shape index (κ1) is 10.1. The number of aromatic nitrogens is 2. The van der Waals surface area contributed by atoms with Crippen LogP contribution in [0.15, 0.2) is 0 Å². The number of hydrogen-bond acceptors (Lipinski definition) is 4. The van der Waals surface area contributed by atoms with Crippen LogP contribution >= 0.6 is 11.5 Å². The van der Waals surface area contributed by atoms with E-state index in [2.05, 4.69) is 35.7 Å². The van der Waals surface area contributed by atoms with E-state index in [0.717, 1.165) is 6.54 Å². The highest BCUT2D eigenvalue weighted by Crippen LogP contribution is 2.41. The predicted octanol–water partition coefficient (Wildman–Crippen LogP) is 2.30. The van der Waals surface area contributed by atoms with Crippen molar-refractivity contribution in [3.05, 3.63) is 10.6 Å². The molecule has 14 heavy (non-hydrogen) atoms. The molecule has 0 saturated heterocycles. The molecular weight excluding hydrogens is 194 g/mol. The minimum Gasteiger partial charge on any atom is -0.307 e. The van der Waals surface area contributed by atoms with Gasteiger partial charge in [0.05, 0.1) is 10.6 Å². The molecule has 1 aromatic rings. The van der Waals surface area contributed by atoms with Gasteiger partial charge in [-0.15, -0.1) is 5.10 Å². The third-order valence-corrected chi connectivity index (χ3v) is 3.07. The first-order valence-corrected chi connectivity index (χ1v) is 5.90. The summed E-state index contributed by atoms with van der Waals surface area (Å²) in [7, 11) is 0. The zero-order valence-electron chi connectivity index (χ0n) is 9.00. The molecule has 1 aliphatic rings. The van der Waals surface area contributed by atoms with Crippen LogP contribution in [0.4, 0.5) is 0 Å². The van der Waals surface area contributed by atoms with E-state index in [1.54, 1.807) is 0 Å². The fourth-order valence-electron chi connectivity index (χ4n) is 1.35. The van der Waals surface area contributed by atoms with E-state index in [-0.39, 0.29) is 5.54 Å². The topological polar surface area (TPSA) is 37.8 Å². The molecule has 0 spiro atoms. The van der Waals surface area contributed by atoms with E-state index in [4.69, 9.17) is 0 Å². The van der Waals surface area contributed by atoms with Gasteiger partial charge in [0.25, 0.3) is 0 Å². The Morgan fingerprint density at radius 2 is 2.14 bits per heavy atom. The van der Waals surface area contributed by atoms with Gasteiger partial charge in [-0.05, 0) is 45.1 Å². The largest absolute Gasteiger partial charge is 0.307 e. The van der Waals surface area contributed by atoms with Gasteiger partial charge in [0.15, 0.2) is 0 Å². The van der Waals surface area contributed by atoms with Crippen molar-refractivity contribution in [2.24, 2.45) is 0 Å². The normalized spacial score (nSPS) is 17.4. The lowest BCUT2D eigenvalue weighted by atomic mass is 10.1. The Labute approximate surface area is 89.1 Å². The Kier molecular flexibility index (Phi) is 2.58. The molecule has 1 heterocycles. The summed E-state index contributed by atoms with van der Waals surface area (Å²) in [5, 5.41) is 7.69. The first-order chi connectivity index (χ1) is 6.56. The van der Waals surface area contributed by atoms with Crippen molar-refractivity contribution in [3.8, 4) is 0 Å². The summed E-state index contributed by atoms with van der Waals surface area (Å²) in [5.41, 5.74) is 1.41. The summed E-state index contributed by atoms with van der Waals surface area (Å²) in [6.07, 6.45) is 2.60. The highest BCUT2D eigenvalue weighted by atomic mass is 32.1. The van der Waals surface area contributed by atoms with Crippen molar-refractivity contribution in [1.82, 2.24) is 14.9 Å². The maximum atomic E-state index is 4.21. The van der Waals surface area contributed by atoms with E-state index in [1.807, 2.05) is 0 Å². The molecule has 0 aliphatic heterocycles. The van der Waals surface area contributed by atoms with Gasteiger partial charge in [-0.25, -0.2) is 0 Å². The zero-order valence-corrected chi connectivity index (χ0v) is 9.82. The number of rotatable bonds is 3. The Morgan fingerprint density at radius 3 is 2.71 bits per heavy atom. The lowest BCUT2D eigenvalue weighted by molar-refractivity contribution is 0.425. The van der Waals surface area contributed by atoms with Gasteiger partial charge in [-0.3, -0.25) is 0 Å².